The molecule has 0 saturated carbocycles. The van der Waals surface area contributed by atoms with Gasteiger partial charge in [-0.2, -0.15) is 9.50 Å². The summed E-state index contributed by atoms with van der Waals surface area (Å²) in [6, 6.07) is 13.6. The first kappa shape index (κ1) is 14.5. The topological polar surface area (TPSA) is 60.2 Å². The molecule has 0 radical (unpaired) electrons. The summed E-state index contributed by atoms with van der Waals surface area (Å²) in [6.07, 6.45) is 8.97. The molecular formula is C18H12N4OS. The average molecular weight is 332 g/mol. The van der Waals surface area contributed by atoms with Crippen LogP contribution in [0.4, 0.5) is 0 Å². The third-order valence-corrected chi connectivity index (χ3v) is 4.43. The van der Waals surface area contributed by atoms with Crippen molar-refractivity contribution in [3.05, 3.63) is 81.4 Å². The minimum Gasteiger partial charge on any atom is -0.266 e. The Kier molecular flexibility index (Phi) is 3.72. The molecule has 0 N–H and O–H groups in total. The zero-order valence-corrected chi connectivity index (χ0v) is 13.4. The first-order valence-corrected chi connectivity index (χ1v) is 8.16. The van der Waals surface area contributed by atoms with Crippen molar-refractivity contribution in [3.8, 4) is 11.4 Å². The molecule has 1 aromatic carbocycles. The van der Waals surface area contributed by atoms with Crippen LogP contribution in [0.5, 0.6) is 0 Å². The van der Waals surface area contributed by atoms with Crippen LogP contribution in [0, 0.1) is 0 Å². The van der Waals surface area contributed by atoms with Gasteiger partial charge in [0.1, 0.15) is 0 Å². The molecule has 0 aliphatic carbocycles. The molecule has 0 atom stereocenters. The van der Waals surface area contributed by atoms with Crippen molar-refractivity contribution in [2.24, 2.45) is 0 Å². The standard InChI is InChI=1S/C18H12N4OS/c23-17-15(8-4-7-13-5-2-1-3-6-13)24-18-20-16(21-22(17)18)14-9-11-19-12-10-14/h1-12H/b7-4+,15-8-. The van der Waals surface area contributed by atoms with E-state index in [1.54, 1.807) is 18.5 Å². The molecule has 5 nitrogen and oxygen atoms in total. The predicted molar refractivity (Wildman–Crippen MR) is 95.5 cm³/mol. The molecule has 3 heterocycles. The summed E-state index contributed by atoms with van der Waals surface area (Å²) < 4.78 is 1.96. The number of hydrogen-bond donors (Lipinski definition) is 0. The maximum Gasteiger partial charge on any atom is 0.291 e. The van der Waals surface area contributed by atoms with Gasteiger partial charge in [-0.3, -0.25) is 9.78 Å². The second kappa shape index (κ2) is 6.17. The van der Waals surface area contributed by atoms with E-state index in [-0.39, 0.29) is 5.56 Å². The largest absolute Gasteiger partial charge is 0.291 e. The summed E-state index contributed by atoms with van der Waals surface area (Å²) in [6.45, 7) is 0. The molecule has 116 valence electrons. The quantitative estimate of drug-likeness (QED) is 0.578. The third kappa shape index (κ3) is 2.75. The highest BCUT2D eigenvalue weighted by Gasteiger charge is 2.11. The van der Waals surface area contributed by atoms with Gasteiger partial charge in [0.15, 0.2) is 5.82 Å². The molecule has 0 unspecified atom stereocenters. The Balaban J connectivity index is 1.70. The van der Waals surface area contributed by atoms with Crippen LogP contribution >= 0.6 is 11.3 Å². The van der Waals surface area contributed by atoms with Crippen LogP contribution in [0.2, 0.25) is 0 Å². The van der Waals surface area contributed by atoms with Gasteiger partial charge in [-0.1, -0.05) is 53.8 Å². The Bertz CT molecular complexity index is 1110. The van der Waals surface area contributed by atoms with E-state index in [1.165, 1.54) is 15.9 Å². The molecule has 0 spiro atoms. The summed E-state index contributed by atoms with van der Waals surface area (Å²) in [5, 5.41) is 4.30. The van der Waals surface area contributed by atoms with Gasteiger partial charge in [0, 0.05) is 18.0 Å². The number of benzene rings is 1. The number of nitrogens with zero attached hydrogens (tertiary/aromatic N) is 4. The zero-order valence-electron chi connectivity index (χ0n) is 12.5. The van der Waals surface area contributed by atoms with Crippen LogP contribution in [-0.2, 0) is 0 Å². The van der Waals surface area contributed by atoms with E-state index in [1.807, 2.05) is 54.6 Å². The van der Waals surface area contributed by atoms with E-state index >= 15 is 0 Å². The molecule has 3 aromatic heterocycles. The van der Waals surface area contributed by atoms with Crippen LogP contribution in [-0.4, -0.2) is 19.6 Å². The Morgan fingerprint density at radius 3 is 2.58 bits per heavy atom. The van der Waals surface area contributed by atoms with E-state index in [0.717, 1.165) is 11.1 Å². The lowest BCUT2D eigenvalue weighted by molar-refractivity contribution is 0.936. The summed E-state index contributed by atoms with van der Waals surface area (Å²) >= 11 is 1.33. The SMILES string of the molecule is O=c1/c(=C/C=C/c2ccccc2)sc2nc(-c3ccncc3)nn12. The fraction of sp³-hybridized carbons (Fsp3) is 0. The molecule has 0 aliphatic heterocycles. The number of thiazole rings is 1. The summed E-state index contributed by atoms with van der Waals surface area (Å²) in [5.41, 5.74) is 1.77. The van der Waals surface area contributed by atoms with Gasteiger partial charge >= 0.3 is 0 Å². The monoisotopic (exact) mass is 332 g/mol. The fourth-order valence-corrected chi connectivity index (χ4v) is 3.14. The average Bonchev–Trinajstić information content (AvgIpc) is 3.17. The molecule has 0 bridgehead atoms. The van der Waals surface area contributed by atoms with Crippen molar-refractivity contribution in [1.29, 1.82) is 0 Å². The number of pyridine rings is 1. The number of rotatable bonds is 3. The highest BCUT2D eigenvalue weighted by Crippen LogP contribution is 2.14. The number of hydrogen-bond acceptors (Lipinski definition) is 5. The second-order valence-corrected chi connectivity index (χ2v) is 6.08. The van der Waals surface area contributed by atoms with Crippen molar-refractivity contribution < 1.29 is 0 Å². The smallest absolute Gasteiger partial charge is 0.266 e. The summed E-state index contributed by atoms with van der Waals surface area (Å²) in [4.78, 5) is 21.4. The van der Waals surface area contributed by atoms with E-state index in [0.29, 0.717) is 15.3 Å². The highest BCUT2D eigenvalue weighted by atomic mass is 32.1. The molecule has 24 heavy (non-hydrogen) atoms. The van der Waals surface area contributed by atoms with Crippen molar-refractivity contribution in [2.45, 2.75) is 0 Å². The Morgan fingerprint density at radius 1 is 1.04 bits per heavy atom. The zero-order chi connectivity index (χ0) is 16.4. The predicted octanol–water partition coefficient (Wildman–Crippen LogP) is 2.43. The number of fused-ring (bicyclic) bond motifs is 1. The molecule has 0 amide bonds. The highest BCUT2D eigenvalue weighted by molar-refractivity contribution is 7.15. The molecule has 4 aromatic rings. The van der Waals surface area contributed by atoms with E-state index < -0.39 is 0 Å². The van der Waals surface area contributed by atoms with Crippen LogP contribution in [0.25, 0.3) is 28.5 Å². The van der Waals surface area contributed by atoms with Crippen molar-refractivity contribution in [3.63, 3.8) is 0 Å². The lowest BCUT2D eigenvalue weighted by Gasteiger charge is -1.90. The van der Waals surface area contributed by atoms with Gasteiger partial charge in [0.25, 0.3) is 5.56 Å². The summed E-state index contributed by atoms with van der Waals surface area (Å²) in [7, 11) is 0. The minimum absolute atomic E-state index is 0.152. The Labute approximate surface area is 141 Å². The van der Waals surface area contributed by atoms with Gasteiger partial charge in [-0.05, 0) is 23.8 Å². The Morgan fingerprint density at radius 2 is 1.83 bits per heavy atom. The van der Waals surface area contributed by atoms with E-state index in [9.17, 15) is 4.79 Å². The van der Waals surface area contributed by atoms with Gasteiger partial charge in [0.2, 0.25) is 4.96 Å². The maximum atomic E-state index is 12.4. The minimum atomic E-state index is -0.152. The maximum absolute atomic E-state index is 12.4. The number of aromatic nitrogens is 4. The first-order valence-electron chi connectivity index (χ1n) is 7.35. The molecule has 0 aliphatic rings. The van der Waals surface area contributed by atoms with Crippen LogP contribution in [0.1, 0.15) is 5.56 Å². The molecule has 0 saturated heterocycles. The van der Waals surface area contributed by atoms with Crippen LogP contribution < -0.4 is 10.1 Å². The van der Waals surface area contributed by atoms with Crippen LogP contribution in [0.15, 0.2) is 65.7 Å². The fourth-order valence-electron chi connectivity index (χ4n) is 2.28. The molecule has 0 fully saturated rings. The van der Waals surface area contributed by atoms with Gasteiger partial charge in [-0.25, -0.2) is 0 Å². The van der Waals surface area contributed by atoms with Gasteiger partial charge in [0.05, 0.1) is 4.53 Å². The van der Waals surface area contributed by atoms with Crippen molar-refractivity contribution in [2.75, 3.05) is 0 Å². The lowest BCUT2D eigenvalue weighted by atomic mass is 10.2. The second-order valence-electron chi connectivity index (χ2n) is 5.07. The summed E-state index contributed by atoms with van der Waals surface area (Å²) in [5.74, 6) is 0.534. The van der Waals surface area contributed by atoms with E-state index in [4.69, 9.17) is 0 Å². The van der Waals surface area contributed by atoms with Gasteiger partial charge in [-0.15, -0.1) is 5.10 Å². The first-order chi connectivity index (χ1) is 11.8. The third-order valence-electron chi connectivity index (χ3n) is 3.46. The molecule has 6 heteroatoms. The van der Waals surface area contributed by atoms with Crippen molar-refractivity contribution in [1.82, 2.24) is 19.6 Å². The van der Waals surface area contributed by atoms with E-state index in [2.05, 4.69) is 15.1 Å². The molecule has 4 rings (SSSR count). The van der Waals surface area contributed by atoms with Crippen LogP contribution in [0.3, 0.4) is 0 Å². The molecular weight excluding hydrogens is 320 g/mol. The van der Waals surface area contributed by atoms with Gasteiger partial charge < -0.3 is 0 Å². The Hall–Kier alpha value is -3.12. The number of allylic oxidation sites excluding steroid dienone is 1. The van der Waals surface area contributed by atoms with Crippen molar-refractivity contribution >= 4 is 28.4 Å². The normalized spacial score (nSPS) is 12.4. The lowest BCUT2D eigenvalue weighted by Crippen LogP contribution is -2.23.